The Kier molecular flexibility index (Phi) is 6.95. The van der Waals surface area contributed by atoms with Gasteiger partial charge in [-0.15, -0.1) is 0 Å². The number of carbonyl (C=O) groups excluding carboxylic acids is 2. The predicted octanol–water partition coefficient (Wildman–Crippen LogP) is 2.72. The number of hydrazone groups is 2. The minimum absolute atomic E-state index is 0.306. The zero-order valence-electron chi connectivity index (χ0n) is 13.4. The van der Waals surface area contributed by atoms with Gasteiger partial charge in [0, 0.05) is 22.6 Å². The molecule has 0 heterocycles. The number of hydrogen-bond acceptors (Lipinski definition) is 4. The van der Waals surface area contributed by atoms with Crippen molar-refractivity contribution in [3.8, 4) is 0 Å². The van der Waals surface area contributed by atoms with Crippen LogP contribution in [0.3, 0.4) is 0 Å². The smallest absolute Gasteiger partial charge is 0.267 e. The van der Waals surface area contributed by atoms with Crippen LogP contribution >= 0.6 is 0 Å². The first-order valence-corrected chi connectivity index (χ1v) is 7.25. The van der Waals surface area contributed by atoms with E-state index < -0.39 is 0 Å². The first-order chi connectivity index (χ1) is 10.5. The maximum absolute atomic E-state index is 11.9. The van der Waals surface area contributed by atoms with Crippen LogP contribution in [0.5, 0.6) is 0 Å². The Labute approximate surface area is 130 Å². The fraction of sp³-hybridized carbons (Fsp3) is 0.375. The van der Waals surface area contributed by atoms with Gasteiger partial charge in [0.2, 0.25) is 0 Å². The van der Waals surface area contributed by atoms with Crippen LogP contribution < -0.4 is 10.9 Å². The summed E-state index contributed by atoms with van der Waals surface area (Å²) in [7, 11) is 0. The van der Waals surface area contributed by atoms with Gasteiger partial charge in [0.25, 0.3) is 11.8 Å². The first kappa shape index (κ1) is 17.6. The van der Waals surface area contributed by atoms with E-state index in [1.807, 2.05) is 27.7 Å². The molecular formula is C16H22N4O2. The summed E-state index contributed by atoms with van der Waals surface area (Å²) in [4.78, 5) is 23.7. The van der Waals surface area contributed by atoms with E-state index in [-0.39, 0.29) is 11.8 Å². The van der Waals surface area contributed by atoms with Gasteiger partial charge >= 0.3 is 0 Å². The van der Waals surface area contributed by atoms with Gasteiger partial charge in [-0.25, -0.2) is 10.9 Å². The fourth-order valence-corrected chi connectivity index (χ4v) is 1.35. The van der Waals surface area contributed by atoms with Gasteiger partial charge in [0.1, 0.15) is 0 Å². The van der Waals surface area contributed by atoms with E-state index in [0.717, 1.165) is 24.3 Å². The predicted molar refractivity (Wildman–Crippen MR) is 88.2 cm³/mol. The lowest BCUT2D eigenvalue weighted by Crippen LogP contribution is -2.20. The number of carbonyl (C=O) groups is 2. The van der Waals surface area contributed by atoms with E-state index in [2.05, 4.69) is 21.1 Å². The van der Waals surface area contributed by atoms with Gasteiger partial charge in [-0.05, 0) is 51.0 Å². The molecule has 0 fully saturated rings. The Morgan fingerprint density at radius 1 is 0.818 bits per heavy atom. The number of rotatable bonds is 6. The van der Waals surface area contributed by atoms with Crippen molar-refractivity contribution >= 4 is 23.2 Å². The molecular weight excluding hydrogens is 280 g/mol. The molecule has 1 aromatic carbocycles. The van der Waals surface area contributed by atoms with E-state index in [4.69, 9.17) is 0 Å². The zero-order valence-corrected chi connectivity index (χ0v) is 13.4. The van der Waals surface area contributed by atoms with Gasteiger partial charge in [0.05, 0.1) is 0 Å². The highest BCUT2D eigenvalue weighted by atomic mass is 16.2. The Bertz CT molecular complexity index is 536. The molecule has 0 saturated heterocycles. The lowest BCUT2D eigenvalue weighted by Gasteiger charge is -2.04. The van der Waals surface area contributed by atoms with Crippen molar-refractivity contribution in [3.63, 3.8) is 0 Å². The number of hydrogen-bond donors (Lipinski definition) is 2. The minimum atomic E-state index is -0.306. The summed E-state index contributed by atoms with van der Waals surface area (Å²) in [5, 5.41) is 7.91. The van der Waals surface area contributed by atoms with E-state index >= 15 is 0 Å². The summed E-state index contributed by atoms with van der Waals surface area (Å²) >= 11 is 0. The Morgan fingerprint density at radius 2 is 1.14 bits per heavy atom. The van der Waals surface area contributed by atoms with Crippen molar-refractivity contribution < 1.29 is 9.59 Å². The van der Waals surface area contributed by atoms with E-state index in [0.29, 0.717) is 11.1 Å². The first-order valence-electron chi connectivity index (χ1n) is 7.25. The van der Waals surface area contributed by atoms with Gasteiger partial charge in [-0.2, -0.15) is 10.2 Å². The van der Waals surface area contributed by atoms with Crippen molar-refractivity contribution in [1.82, 2.24) is 10.9 Å². The van der Waals surface area contributed by atoms with Crippen LogP contribution in [-0.2, 0) is 0 Å². The third-order valence-electron chi connectivity index (χ3n) is 3.13. The third kappa shape index (κ3) is 5.47. The number of benzene rings is 1. The normalized spacial score (nSPS) is 12.0. The molecule has 0 aliphatic rings. The number of amides is 2. The lowest BCUT2D eigenvalue weighted by molar-refractivity contribution is 0.0943. The Balaban J connectivity index is 2.70. The average Bonchev–Trinajstić information content (AvgIpc) is 2.56. The molecule has 0 radical (unpaired) electrons. The highest BCUT2D eigenvalue weighted by Crippen LogP contribution is 2.05. The molecule has 1 aromatic rings. The van der Waals surface area contributed by atoms with E-state index in [9.17, 15) is 9.59 Å². The molecule has 0 spiro atoms. The molecule has 0 saturated carbocycles. The monoisotopic (exact) mass is 302 g/mol. The largest absolute Gasteiger partial charge is 0.271 e. The van der Waals surface area contributed by atoms with Crippen LogP contribution in [0.4, 0.5) is 0 Å². The Hall–Kier alpha value is -2.50. The van der Waals surface area contributed by atoms with Crippen molar-refractivity contribution in [3.05, 3.63) is 35.4 Å². The molecule has 0 unspecified atom stereocenters. The zero-order chi connectivity index (χ0) is 16.5. The van der Waals surface area contributed by atoms with Crippen molar-refractivity contribution in [2.24, 2.45) is 10.2 Å². The minimum Gasteiger partial charge on any atom is -0.267 e. The fourth-order valence-electron chi connectivity index (χ4n) is 1.35. The molecule has 0 aliphatic carbocycles. The lowest BCUT2D eigenvalue weighted by atomic mass is 10.1. The molecule has 118 valence electrons. The second kappa shape index (κ2) is 8.71. The number of nitrogens with zero attached hydrogens (tertiary/aromatic N) is 2. The topological polar surface area (TPSA) is 82.9 Å². The van der Waals surface area contributed by atoms with E-state index in [1.165, 1.54) is 0 Å². The molecule has 1 rings (SSSR count). The van der Waals surface area contributed by atoms with E-state index in [1.54, 1.807) is 24.3 Å². The molecule has 0 bridgehead atoms. The molecule has 2 N–H and O–H groups in total. The maximum Gasteiger partial charge on any atom is 0.271 e. The molecule has 0 aliphatic heterocycles. The number of nitrogens with one attached hydrogen (secondary N) is 2. The van der Waals surface area contributed by atoms with Crippen LogP contribution in [-0.4, -0.2) is 23.2 Å². The molecule has 0 aromatic heterocycles. The molecule has 22 heavy (non-hydrogen) atoms. The summed E-state index contributed by atoms with van der Waals surface area (Å²) in [5.74, 6) is -0.612. The van der Waals surface area contributed by atoms with Crippen LogP contribution in [0.25, 0.3) is 0 Å². The molecule has 6 heteroatoms. The highest BCUT2D eigenvalue weighted by Gasteiger charge is 2.08. The summed E-state index contributed by atoms with van der Waals surface area (Å²) in [6, 6.07) is 6.32. The van der Waals surface area contributed by atoms with Gasteiger partial charge in [-0.3, -0.25) is 9.59 Å². The Morgan fingerprint density at radius 3 is 1.41 bits per heavy atom. The molecule has 2 amide bonds. The molecule has 6 nitrogen and oxygen atoms in total. The summed E-state index contributed by atoms with van der Waals surface area (Å²) in [6.45, 7) is 7.60. The van der Waals surface area contributed by atoms with Crippen LogP contribution in [0, 0.1) is 0 Å². The van der Waals surface area contributed by atoms with Gasteiger partial charge in [-0.1, -0.05) is 13.8 Å². The third-order valence-corrected chi connectivity index (χ3v) is 3.13. The van der Waals surface area contributed by atoms with Crippen molar-refractivity contribution in [2.75, 3.05) is 0 Å². The average molecular weight is 302 g/mol. The van der Waals surface area contributed by atoms with Crippen LogP contribution in [0.1, 0.15) is 61.3 Å². The quantitative estimate of drug-likeness (QED) is 0.625. The van der Waals surface area contributed by atoms with Crippen LogP contribution in [0.15, 0.2) is 34.5 Å². The van der Waals surface area contributed by atoms with Gasteiger partial charge < -0.3 is 0 Å². The van der Waals surface area contributed by atoms with Gasteiger partial charge in [0.15, 0.2) is 0 Å². The second-order valence-electron chi connectivity index (χ2n) is 4.86. The van der Waals surface area contributed by atoms with Crippen molar-refractivity contribution in [2.45, 2.75) is 40.5 Å². The van der Waals surface area contributed by atoms with Crippen molar-refractivity contribution in [1.29, 1.82) is 0 Å². The second-order valence-corrected chi connectivity index (χ2v) is 4.86. The standard InChI is InChI=1S/C16H22N4O2/c1-5-11(3)17-19-15(21)13-7-9-14(10-8-13)16(22)20-18-12(4)6-2/h7-10H,5-6H2,1-4H3,(H,19,21)(H,20,22). The summed E-state index contributed by atoms with van der Waals surface area (Å²) < 4.78 is 0. The molecule has 0 atom stereocenters. The highest BCUT2D eigenvalue weighted by molar-refractivity contribution is 5.98. The maximum atomic E-state index is 11.9. The summed E-state index contributed by atoms with van der Waals surface area (Å²) in [6.07, 6.45) is 1.55. The SMILES string of the molecule is CCC(C)=NNC(=O)c1ccc(C(=O)NN=C(C)CC)cc1. The van der Waals surface area contributed by atoms with Crippen LogP contribution in [0.2, 0.25) is 0 Å². The summed E-state index contributed by atoms with van der Waals surface area (Å²) in [5.41, 5.74) is 7.51.